The molecule has 0 N–H and O–H groups in total. The van der Waals surface area contributed by atoms with Gasteiger partial charge in [-0.3, -0.25) is 9.80 Å². The van der Waals surface area contributed by atoms with Crippen molar-refractivity contribution in [3.8, 4) is 0 Å². The van der Waals surface area contributed by atoms with Gasteiger partial charge in [-0.2, -0.15) is 0 Å². The molecule has 9 aromatic rings. The Kier molecular flexibility index (Phi) is 7.99. The highest BCUT2D eigenvalue weighted by molar-refractivity contribution is 7.03. The highest BCUT2D eigenvalue weighted by Gasteiger charge is 2.49. The monoisotopic (exact) mass is 819 g/mol. The molecule has 8 aromatic carbocycles. The van der Waals surface area contributed by atoms with Gasteiger partial charge in [0, 0.05) is 56.9 Å². The first-order valence-corrected chi connectivity index (χ1v) is 22.4. The number of nitrogens with zero attached hydrogens (tertiary/aromatic N) is 5. The Balaban J connectivity index is 1.16. The second kappa shape index (κ2) is 13.9. The minimum absolute atomic E-state index is 0.0657. The fourth-order valence-corrected chi connectivity index (χ4v) is 11.0. The zero-order chi connectivity index (χ0) is 42.7. The maximum Gasteiger partial charge on any atom is 0.254 e. The van der Waals surface area contributed by atoms with E-state index >= 15 is 0 Å². The summed E-state index contributed by atoms with van der Waals surface area (Å²) in [6.45, 7) is 6.83. The van der Waals surface area contributed by atoms with Gasteiger partial charge in [0.05, 0.1) is 0 Å². The average molecular weight is 820 g/mol. The first kappa shape index (κ1) is 36.9. The summed E-state index contributed by atoms with van der Waals surface area (Å²) in [6, 6.07) is 75.7. The number of anilines is 12. The average Bonchev–Trinajstić information content (AvgIpc) is 3.34. The maximum absolute atomic E-state index is 6.09. The Labute approximate surface area is 375 Å². The first-order valence-electron chi connectivity index (χ1n) is 22.4. The molecule has 7 heteroatoms. The Hall–Kier alpha value is -7.76. The van der Waals surface area contributed by atoms with Crippen molar-refractivity contribution in [1.29, 1.82) is 0 Å². The van der Waals surface area contributed by atoms with Crippen LogP contribution in [0.1, 0.15) is 26.3 Å². The molecular formula is C57H43B2N5. The molecule has 4 aliphatic heterocycles. The van der Waals surface area contributed by atoms with E-state index in [1.807, 2.05) is 0 Å². The summed E-state index contributed by atoms with van der Waals surface area (Å²) in [5.41, 5.74) is 20.2. The molecule has 5 heterocycles. The summed E-state index contributed by atoms with van der Waals surface area (Å²) < 4.78 is 0. The van der Waals surface area contributed by atoms with Crippen LogP contribution in [0.5, 0.6) is 0 Å². The number of hydrogen-bond donors (Lipinski definition) is 0. The predicted octanol–water partition coefficient (Wildman–Crippen LogP) is 10.5. The van der Waals surface area contributed by atoms with E-state index in [1.165, 1.54) is 66.8 Å². The molecule has 0 spiro atoms. The number of pyridine rings is 1. The largest absolute Gasteiger partial charge is 0.311 e. The lowest BCUT2D eigenvalue weighted by Crippen LogP contribution is -2.65. The number of benzene rings is 8. The molecule has 0 fully saturated rings. The van der Waals surface area contributed by atoms with Crippen molar-refractivity contribution in [2.45, 2.75) is 26.2 Å². The molecule has 0 unspecified atom stereocenters. The number of fused-ring (bicyclic) bond motifs is 8. The summed E-state index contributed by atoms with van der Waals surface area (Å²) in [5.74, 6) is 1.91. The zero-order valence-corrected chi connectivity index (χ0v) is 36.0. The van der Waals surface area contributed by atoms with Crippen molar-refractivity contribution in [3.05, 3.63) is 212 Å². The molecule has 4 aliphatic rings. The number of para-hydroxylation sites is 6. The predicted molar refractivity (Wildman–Crippen MR) is 271 cm³/mol. The van der Waals surface area contributed by atoms with Crippen LogP contribution in [0, 0.1) is 0 Å². The quantitative estimate of drug-likeness (QED) is 0.165. The summed E-state index contributed by atoms with van der Waals surface area (Å²) in [7, 11) is 0. The second-order valence-electron chi connectivity index (χ2n) is 18.4. The molecule has 0 atom stereocenters. The van der Waals surface area contributed by atoms with Crippen LogP contribution >= 0.6 is 0 Å². The lowest BCUT2D eigenvalue weighted by molar-refractivity contribution is 0.590. The van der Waals surface area contributed by atoms with E-state index in [2.05, 4.69) is 247 Å². The van der Waals surface area contributed by atoms with Crippen LogP contribution in [0.25, 0.3) is 0 Å². The molecule has 0 bridgehead atoms. The van der Waals surface area contributed by atoms with Gasteiger partial charge < -0.3 is 9.80 Å². The molecule has 302 valence electrons. The fourth-order valence-electron chi connectivity index (χ4n) is 11.0. The molecule has 0 saturated carbocycles. The summed E-state index contributed by atoms with van der Waals surface area (Å²) in [5, 5.41) is 0. The van der Waals surface area contributed by atoms with E-state index in [4.69, 9.17) is 4.98 Å². The maximum atomic E-state index is 6.09. The highest BCUT2D eigenvalue weighted by Crippen LogP contribution is 2.48. The Morgan fingerprint density at radius 2 is 0.672 bits per heavy atom. The van der Waals surface area contributed by atoms with E-state index in [9.17, 15) is 0 Å². The Morgan fingerprint density at radius 3 is 1.14 bits per heavy atom. The second-order valence-corrected chi connectivity index (χ2v) is 18.4. The molecule has 0 amide bonds. The smallest absolute Gasteiger partial charge is 0.254 e. The van der Waals surface area contributed by atoms with E-state index in [0.717, 1.165) is 40.1 Å². The zero-order valence-electron chi connectivity index (χ0n) is 36.0. The Bertz CT molecular complexity index is 3300. The van der Waals surface area contributed by atoms with Crippen molar-refractivity contribution in [1.82, 2.24) is 4.98 Å². The molecule has 0 aliphatic carbocycles. The third-order valence-corrected chi connectivity index (χ3v) is 13.7. The third kappa shape index (κ3) is 5.30. The van der Waals surface area contributed by atoms with Gasteiger partial charge >= 0.3 is 0 Å². The molecule has 64 heavy (non-hydrogen) atoms. The van der Waals surface area contributed by atoms with Crippen LogP contribution in [0.3, 0.4) is 0 Å². The van der Waals surface area contributed by atoms with Gasteiger partial charge in [0.2, 0.25) is 0 Å². The first-order chi connectivity index (χ1) is 31.4. The lowest BCUT2D eigenvalue weighted by atomic mass is 9.30. The van der Waals surface area contributed by atoms with E-state index in [0.29, 0.717) is 0 Å². The summed E-state index contributed by atoms with van der Waals surface area (Å²) >= 11 is 0. The Morgan fingerprint density at radius 1 is 0.328 bits per heavy atom. The van der Waals surface area contributed by atoms with Gasteiger partial charge in [0.1, 0.15) is 11.6 Å². The van der Waals surface area contributed by atoms with Crippen LogP contribution in [-0.4, -0.2) is 18.4 Å². The fraction of sp³-hybridized carbons (Fsp3) is 0.0702. The van der Waals surface area contributed by atoms with Gasteiger partial charge in [-0.25, -0.2) is 4.98 Å². The molecular weight excluding hydrogens is 776 g/mol. The number of hydrogen-bond acceptors (Lipinski definition) is 5. The minimum Gasteiger partial charge on any atom is -0.311 e. The van der Waals surface area contributed by atoms with E-state index < -0.39 is 0 Å². The normalized spacial score (nSPS) is 14.0. The standard InChI is InChI=1S/C57H43B2N5/c1-57(2,3)38-35-51-54-52(36-38)64(42-27-14-7-15-28-42)56-46(59(54)44-30-17-19-32-48(44)62(51)40-23-10-5-11-24-40)37-45-55(60-56)63(41-25-12-6-13-26-41)50-34-20-33-49-53(50)58(45)43-29-16-18-31-47(43)61(49)39-21-8-4-9-22-39/h4-37H,1-3H3. The van der Waals surface area contributed by atoms with Gasteiger partial charge in [0.25, 0.3) is 13.4 Å². The molecule has 1 aromatic heterocycles. The topological polar surface area (TPSA) is 25.9 Å². The van der Waals surface area contributed by atoms with Crippen molar-refractivity contribution >= 4 is 115 Å². The molecule has 0 radical (unpaired) electrons. The molecule has 0 saturated heterocycles. The van der Waals surface area contributed by atoms with Crippen LogP contribution < -0.4 is 52.4 Å². The van der Waals surface area contributed by atoms with E-state index in [1.54, 1.807) is 0 Å². The van der Waals surface area contributed by atoms with Crippen LogP contribution in [0.4, 0.5) is 68.5 Å². The van der Waals surface area contributed by atoms with Crippen LogP contribution in [-0.2, 0) is 5.41 Å². The summed E-state index contributed by atoms with van der Waals surface area (Å²) in [6.07, 6.45) is 0. The number of rotatable bonds is 4. The van der Waals surface area contributed by atoms with Crippen molar-refractivity contribution < 1.29 is 0 Å². The highest BCUT2D eigenvalue weighted by atomic mass is 15.3. The molecule has 13 rings (SSSR count). The van der Waals surface area contributed by atoms with Crippen molar-refractivity contribution in [2.24, 2.45) is 0 Å². The minimum atomic E-state index is -0.125. The summed E-state index contributed by atoms with van der Waals surface area (Å²) in [4.78, 5) is 15.9. The van der Waals surface area contributed by atoms with Crippen LogP contribution in [0.2, 0.25) is 0 Å². The third-order valence-electron chi connectivity index (χ3n) is 13.7. The van der Waals surface area contributed by atoms with E-state index in [-0.39, 0.29) is 18.8 Å². The van der Waals surface area contributed by atoms with Gasteiger partial charge in [0.15, 0.2) is 0 Å². The van der Waals surface area contributed by atoms with Crippen LogP contribution in [0.15, 0.2) is 206 Å². The SMILES string of the molecule is CC(C)(C)c1cc2c3c(c1)N(c1ccccc1)c1nc4c(cc1B3c1ccccc1N2c1ccccc1)B1c2ccccc2N(c2ccccc2)c2cccc(c21)N4c1ccccc1. The molecule has 5 nitrogen and oxygen atoms in total. The van der Waals surface area contributed by atoms with Crippen molar-refractivity contribution in [3.63, 3.8) is 0 Å². The van der Waals surface area contributed by atoms with Gasteiger partial charge in [-0.1, -0.05) is 142 Å². The van der Waals surface area contributed by atoms with Gasteiger partial charge in [-0.05, 0) is 129 Å². The number of aromatic nitrogens is 1. The lowest BCUT2D eigenvalue weighted by Gasteiger charge is -2.46. The van der Waals surface area contributed by atoms with Crippen molar-refractivity contribution in [2.75, 3.05) is 19.6 Å². The van der Waals surface area contributed by atoms with Gasteiger partial charge in [-0.15, -0.1) is 0 Å².